The molecule has 1 amide bonds. The lowest BCUT2D eigenvalue weighted by molar-refractivity contribution is 0.0376. The molecule has 1 aliphatic rings. The predicted octanol–water partition coefficient (Wildman–Crippen LogP) is 4.21. The molecule has 1 saturated heterocycles. The number of hydrogen-bond acceptors (Lipinski definition) is 7. The Balaban J connectivity index is 1.56. The Labute approximate surface area is 199 Å². The van der Waals surface area contributed by atoms with E-state index >= 15 is 0 Å². The number of nitrogens with zero attached hydrogens (tertiary/aromatic N) is 3. The number of benzene rings is 2. The Hall–Kier alpha value is -2.33. The molecule has 0 bridgehead atoms. The molecule has 1 aliphatic heterocycles. The molecule has 0 spiro atoms. The third-order valence-electron chi connectivity index (χ3n) is 5.33. The molecule has 0 atom stereocenters. The fourth-order valence-electron chi connectivity index (χ4n) is 3.59. The van der Waals surface area contributed by atoms with Crippen LogP contribution in [-0.2, 0) is 9.47 Å². The maximum absolute atomic E-state index is 13.5. The van der Waals surface area contributed by atoms with Gasteiger partial charge in [-0.15, -0.1) is 0 Å². The number of aromatic nitrogens is 1. The standard InChI is InChI=1S/C23H24BrN3O4S/c1-30-22(29)17-5-3-16(4-6-17)21(28)27(10-2-9-26-11-13-31-14-12-26)23-25-19-8-7-18(24)15-20(19)32-23/h3-8,15H,2,9-14H2,1H3. The molecule has 0 radical (unpaired) electrons. The Kier molecular flexibility index (Phi) is 7.51. The quantitative estimate of drug-likeness (QED) is 0.437. The fraction of sp³-hybridized carbons (Fsp3) is 0.348. The van der Waals surface area contributed by atoms with Crippen molar-refractivity contribution in [2.45, 2.75) is 6.42 Å². The number of fused-ring (bicyclic) bond motifs is 1. The lowest BCUT2D eigenvalue weighted by Gasteiger charge is -2.27. The summed E-state index contributed by atoms with van der Waals surface area (Å²) in [5.41, 5.74) is 1.78. The van der Waals surface area contributed by atoms with Gasteiger partial charge in [0.2, 0.25) is 0 Å². The number of anilines is 1. The molecule has 2 aromatic carbocycles. The van der Waals surface area contributed by atoms with Crippen molar-refractivity contribution in [2.75, 3.05) is 51.4 Å². The number of carbonyl (C=O) groups excluding carboxylic acids is 2. The van der Waals surface area contributed by atoms with Crippen LogP contribution in [0.1, 0.15) is 27.1 Å². The van der Waals surface area contributed by atoms with Crippen LogP contribution < -0.4 is 4.90 Å². The molecule has 9 heteroatoms. The van der Waals surface area contributed by atoms with Crippen molar-refractivity contribution in [1.29, 1.82) is 0 Å². The molecular formula is C23H24BrN3O4S. The zero-order chi connectivity index (χ0) is 22.5. The minimum Gasteiger partial charge on any atom is -0.465 e. The number of rotatable bonds is 7. The van der Waals surface area contributed by atoms with Gasteiger partial charge in [-0.2, -0.15) is 0 Å². The van der Waals surface area contributed by atoms with Crippen molar-refractivity contribution in [3.05, 3.63) is 58.1 Å². The average Bonchev–Trinajstić information content (AvgIpc) is 3.24. The van der Waals surface area contributed by atoms with E-state index in [1.165, 1.54) is 18.4 Å². The van der Waals surface area contributed by atoms with Crippen LogP contribution in [-0.4, -0.2) is 68.3 Å². The van der Waals surface area contributed by atoms with Gasteiger partial charge < -0.3 is 9.47 Å². The van der Waals surface area contributed by atoms with Crippen LogP contribution in [0, 0.1) is 0 Å². The van der Waals surface area contributed by atoms with Crippen LogP contribution in [0.15, 0.2) is 46.9 Å². The van der Waals surface area contributed by atoms with E-state index in [1.54, 1.807) is 29.2 Å². The van der Waals surface area contributed by atoms with Gasteiger partial charge in [-0.05, 0) is 48.9 Å². The average molecular weight is 518 g/mol. The zero-order valence-electron chi connectivity index (χ0n) is 17.8. The van der Waals surface area contributed by atoms with Crippen molar-refractivity contribution in [2.24, 2.45) is 0 Å². The molecular weight excluding hydrogens is 494 g/mol. The minimum atomic E-state index is -0.428. The first-order chi connectivity index (χ1) is 15.5. The second-order valence-corrected chi connectivity index (χ2v) is 9.37. The monoisotopic (exact) mass is 517 g/mol. The summed E-state index contributed by atoms with van der Waals surface area (Å²) < 4.78 is 12.2. The first-order valence-corrected chi connectivity index (χ1v) is 12.0. The molecule has 168 valence electrons. The maximum atomic E-state index is 13.5. The summed E-state index contributed by atoms with van der Waals surface area (Å²) in [6.45, 7) is 4.78. The topological polar surface area (TPSA) is 72.0 Å². The van der Waals surface area contributed by atoms with Gasteiger partial charge >= 0.3 is 5.97 Å². The van der Waals surface area contributed by atoms with E-state index in [1.807, 2.05) is 18.2 Å². The first kappa shape index (κ1) is 22.8. The highest BCUT2D eigenvalue weighted by atomic mass is 79.9. The van der Waals surface area contributed by atoms with Crippen LogP contribution in [0.5, 0.6) is 0 Å². The number of ether oxygens (including phenoxy) is 2. The van der Waals surface area contributed by atoms with Gasteiger partial charge in [-0.1, -0.05) is 27.3 Å². The molecule has 32 heavy (non-hydrogen) atoms. The van der Waals surface area contributed by atoms with Gasteiger partial charge in [-0.3, -0.25) is 14.6 Å². The van der Waals surface area contributed by atoms with Crippen molar-refractivity contribution in [1.82, 2.24) is 9.88 Å². The van der Waals surface area contributed by atoms with Crippen LogP contribution in [0.3, 0.4) is 0 Å². The molecule has 1 aromatic heterocycles. The number of methoxy groups -OCH3 is 1. The third kappa shape index (κ3) is 5.35. The number of morpholine rings is 1. The summed E-state index contributed by atoms with van der Waals surface area (Å²) in [4.78, 5) is 34.0. The van der Waals surface area contributed by atoms with Crippen LogP contribution in [0.2, 0.25) is 0 Å². The van der Waals surface area contributed by atoms with Crippen molar-refractivity contribution in [3.63, 3.8) is 0 Å². The van der Waals surface area contributed by atoms with Gasteiger partial charge in [0.1, 0.15) is 0 Å². The minimum absolute atomic E-state index is 0.137. The van der Waals surface area contributed by atoms with Gasteiger partial charge in [0, 0.05) is 36.2 Å². The molecule has 0 aliphatic carbocycles. The van der Waals surface area contributed by atoms with E-state index in [4.69, 9.17) is 14.5 Å². The number of esters is 1. The number of thiazole rings is 1. The molecule has 0 N–H and O–H groups in total. The summed E-state index contributed by atoms with van der Waals surface area (Å²) in [7, 11) is 1.34. The van der Waals surface area contributed by atoms with E-state index in [-0.39, 0.29) is 5.91 Å². The maximum Gasteiger partial charge on any atom is 0.337 e. The molecule has 3 aromatic rings. The SMILES string of the molecule is COC(=O)c1ccc(C(=O)N(CCCN2CCOCC2)c2nc3ccc(Br)cc3s2)cc1. The van der Waals surface area contributed by atoms with Gasteiger partial charge in [-0.25, -0.2) is 9.78 Å². The molecule has 0 saturated carbocycles. The van der Waals surface area contributed by atoms with Gasteiger partial charge in [0.05, 0.1) is 36.1 Å². The molecule has 1 fully saturated rings. The zero-order valence-corrected chi connectivity index (χ0v) is 20.2. The number of halogens is 1. The third-order valence-corrected chi connectivity index (χ3v) is 6.86. The smallest absolute Gasteiger partial charge is 0.337 e. The summed E-state index contributed by atoms with van der Waals surface area (Å²) in [5.74, 6) is -0.565. The predicted molar refractivity (Wildman–Crippen MR) is 129 cm³/mol. The second-order valence-electron chi connectivity index (χ2n) is 7.44. The van der Waals surface area contributed by atoms with Crippen LogP contribution in [0.25, 0.3) is 10.2 Å². The number of amides is 1. The van der Waals surface area contributed by atoms with E-state index in [0.717, 1.165) is 54.0 Å². The Morgan fingerprint density at radius 3 is 2.59 bits per heavy atom. The molecule has 7 nitrogen and oxygen atoms in total. The number of hydrogen-bond donors (Lipinski definition) is 0. The van der Waals surface area contributed by atoms with Crippen LogP contribution >= 0.6 is 27.3 Å². The second kappa shape index (κ2) is 10.5. The van der Waals surface area contributed by atoms with E-state index in [2.05, 4.69) is 20.8 Å². The summed E-state index contributed by atoms with van der Waals surface area (Å²) in [6.07, 6.45) is 0.825. The van der Waals surface area contributed by atoms with E-state index in [0.29, 0.717) is 22.8 Å². The highest BCUT2D eigenvalue weighted by Crippen LogP contribution is 2.32. The fourth-order valence-corrected chi connectivity index (χ4v) is 5.13. The molecule has 2 heterocycles. The van der Waals surface area contributed by atoms with Crippen molar-refractivity contribution >= 4 is 54.5 Å². The Morgan fingerprint density at radius 1 is 1.16 bits per heavy atom. The molecule has 0 unspecified atom stereocenters. The highest BCUT2D eigenvalue weighted by molar-refractivity contribution is 9.10. The lowest BCUT2D eigenvalue weighted by atomic mass is 10.1. The number of carbonyl (C=O) groups is 2. The van der Waals surface area contributed by atoms with Crippen molar-refractivity contribution in [3.8, 4) is 0 Å². The van der Waals surface area contributed by atoms with Gasteiger partial charge in [0.25, 0.3) is 5.91 Å². The first-order valence-electron chi connectivity index (χ1n) is 10.4. The van der Waals surface area contributed by atoms with E-state index in [9.17, 15) is 9.59 Å². The lowest BCUT2D eigenvalue weighted by Crippen LogP contribution is -2.39. The van der Waals surface area contributed by atoms with Crippen LogP contribution in [0.4, 0.5) is 5.13 Å². The molecule has 4 rings (SSSR count). The summed E-state index contributed by atoms with van der Waals surface area (Å²) in [6, 6.07) is 12.4. The summed E-state index contributed by atoms with van der Waals surface area (Å²) in [5, 5.41) is 0.669. The van der Waals surface area contributed by atoms with Crippen molar-refractivity contribution < 1.29 is 19.1 Å². The van der Waals surface area contributed by atoms with E-state index < -0.39 is 5.97 Å². The Morgan fingerprint density at radius 2 is 1.88 bits per heavy atom. The largest absolute Gasteiger partial charge is 0.465 e. The normalized spacial score (nSPS) is 14.4. The highest BCUT2D eigenvalue weighted by Gasteiger charge is 2.22. The Bertz CT molecular complexity index is 1100. The summed E-state index contributed by atoms with van der Waals surface area (Å²) >= 11 is 5.00. The van der Waals surface area contributed by atoms with Gasteiger partial charge in [0.15, 0.2) is 5.13 Å².